The molecule has 3 nitrogen and oxygen atoms in total. The van der Waals surface area contributed by atoms with E-state index in [9.17, 15) is 4.79 Å². The lowest BCUT2D eigenvalue weighted by Crippen LogP contribution is -2.36. The van der Waals surface area contributed by atoms with Crippen LogP contribution in [0.2, 0.25) is 0 Å². The van der Waals surface area contributed by atoms with Gasteiger partial charge < -0.3 is 10.6 Å². The Morgan fingerprint density at radius 2 is 2.41 bits per heavy atom. The summed E-state index contributed by atoms with van der Waals surface area (Å²) in [5, 5.41) is 6.47. The summed E-state index contributed by atoms with van der Waals surface area (Å²) in [6.45, 7) is 5.23. The van der Waals surface area contributed by atoms with Crippen LogP contribution in [0.15, 0.2) is 12.1 Å². The molecule has 0 aromatic carbocycles. The molecule has 0 aliphatic carbocycles. The summed E-state index contributed by atoms with van der Waals surface area (Å²) in [6, 6.07) is 5.09. The molecule has 1 saturated heterocycles. The van der Waals surface area contributed by atoms with Crippen LogP contribution in [0, 0.1) is 0 Å². The maximum atomic E-state index is 11.1. The number of carbonyl (C=O) groups is 1. The Morgan fingerprint density at radius 1 is 1.59 bits per heavy atom. The monoisotopic (exact) mass is 252 g/mol. The molecule has 1 amide bonds. The van der Waals surface area contributed by atoms with E-state index >= 15 is 0 Å². The summed E-state index contributed by atoms with van der Waals surface area (Å²) in [7, 11) is 0. The van der Waals surface area contributed by atoms with E-state index in [1.165, 1.54) is 9.75 Å². The predicted molar refractivity (Wildman–Crippen MR) is 71.3 cm³/mol. The summed E-state index contributed by atoms with van der Waals surface area (Å²) in [5.41, 5.74) is 0. The fourth-order valence-electron chi connectivity index (χ4n) is 2.07. The van der Waals surface area contributed by atoms with Crippen molar-refractivity contribution in [2.75, 3.05) is 6.54 Å². The number of thiophene rings is 1. The molecule has 0 saturated carbocycles. The molecule has 17 heavy (non-hydrogen) atoms. The topological polar surface area (TPSA) is 41.1 Å². The average Bonchev–Trinajstić information content (AvgIpc) is 2.94. The number of rotatable bonds is 5. The molecule has 0 radical (unpaired) electrons. The molecule has 0 spiro atoms. The summed E-state index contributed by atoms with van der Waals surface area (Å²) < 4.78 is 0. The molecule has 2 N–H and O–H groups in total. The van der Waals surface area contributed by atoms with Crippen molar-refractivity contribution < 1.29 is 4.79 Å². The second-order valence-electron chi connectivity index (χ2n) is 4.59. The number of carbonyl (C=O) groups excluding carboxylic acids is 1. The van der Waals surface area contributed by atoms with Crippen LogP contribution in [0.5, 0.6) is 0 Å². The summed E-state index contributed by atoms with van der Waals surface area (Å²) in [4.78, 5) is 13.9. The molecule has 4 heteroatoms. The Kier molecular flexibility index (Phi) is 4.18. The van der Waals surface area contributed by atoms with Crippen LogP contribution >= 0.6 is 11.3 Å². The smallest absolute Gasteiger partial charge is 0.220 e. The van der Waals surface area contributed by atoms with Crippen molar-refractivity contribution in [1.82, 2.24) is 10.6 Å². The van der Waals surface area contributed by atoms with Crippen LogP contribution in [0.25, 0.3) is 0 Å². The van der Waals surface area contributed by atoms with E-state index in [2.05, 4.69) is 36.6 Å². The first-order valence-corrected chi connectivity index (χ1v) is 7.12. The van der Waals surface area contributed by atoms with Crippen molar-refractivity contribution >= 4 is 17.2 Å². The van der Waals surface area contributed by atoms with Crippen LogP contribution in [-0.2, 0) is 11.2 Å². The van der Waals surface area contributed by atoms with Gasteiger partial charge >= 0.3 is 0 Å². The van der Waals surface area contributed by atoms with E-state index < -0.39 is 0 Å². The summed E-state index contributed by atoms with van der Waals surface area (Å²) in [5.74, 6) is 0.189. The Bertz CT molecular complexity index is 389. The highest BCUT2D eigenvalue weighted by atomic mass is 32.1. The normalized spacial score (nSPS) is 21.5. The second kappa shape index (κ2) is 5.65. The van der Waals surface area contributed by atoms with E-state index in [4.69, 9.17) is 0 Å². The van der Waals surface area contributed by atoms with Crippen molar-refractivity contribution in [3.05, 3.63) is 21.9 Å². The zero-order valence-corrected chi connectivity index (χ0v) is 11.3. The molecule has 1 aromatic rings. The molecular weight excluding hydrogens is 232 g/mol. The van der Waals surface area contributed by atoms with E-state index in [1.54, 1.807) is 0 Å². The lowest BCUT2D eigenvalue weighted by atomic mass is 10.2. The zero-order chi connectivity index (χ0) is 12.3. The van der Waals surface area contributed by atoms with Crippen LogP contribution in [0.1, 0.15) is 42.5 Å². The number of hydrogen-bond donors (Lipinski definition) is 2. The van der Waals surface area contributed by atoms with E-state index in [0.29, 0.717) is 18.5 Å². The fourth-order valence-corrected chi connectivity index (χ4v) is 3.05. The van der Waals surface area contributed by atoms with Gasteiger partial charge in [0.25, 0.3) is 0 Å². The van der Waals surface area contributed by atoms with E-state index in [0.717, 1.165) is 19.4 Å². The zero-order valence-electron chi connectivity index (χ0n) is 10.5. The molecule has 1 aromatic heterocycles. The van der Waals surface area contributed by atoms with Crippen molar-refractivity contribution in [2.45, 2.75) is 45.2 Å². The third-order valence-electron chi connectivity index (χ3n) is 3.21. The molecule has 2 unspecified atom stereocenters. The molecule has 0 bridgehead atoms. The van der Waals surface area contributed by atoms with Gasteiger partial charge in [-0.25, -0.2) is 0 Å². The van der Waals surface area contributed by atoms with Crippen molar-refractivity contribution in [3.63, 3.8) is 0 Å². The molecular formula is C13H20N2OS. The van der Waals surface area contributed by atoms with Gasteiger partial charge in [0.15, 0.2) is 0 Å². The maximum Gasteiger partial charge on any atom is 0.220 e. The SMILES string of the molecule is CCc1ccc(C(C)NCC2CCC(=O)N2)s1. The van der Waals surface area contributed by atoms with Gasteiger partial charge in [0.05, 0.1) is 0 Å². The van der Waals surface area contributed by atoms with Gasteiger partial charge in [0.1, 0.15) is 0 Å². The lowest BCUT2D eigenvalue weighted by molar-refractivity contribution is -0.119. The predicted octanol–water partition coefficient (Wildman–Crippen LogP) is 2.24. The van der Waals surface area contributed by atoms with Gasteiger partial charge in [0.2, 0.25) is 5.91 Å². The number of amides is 1. The van der Waals surface area contributed by atoms with Gasteiger partial charge in [-0.1, -0.05) is 6.92 Å². The Balaban J connectivity index is 1.80. The molecule has 1 fully saturated rings. The Morgan fingerprint density at radius 3 is 3.00 bits per heavy atom. The van der Waals surface area contributed by atoms with Gasteiger partial charge in [-0.15, -0.1) is 11.3 Å². The highest BCUT2D eigenvalue weighted by Crippen LogP contribution is 2.23. The fraction of sp³-hybridized carbons (Fsp3) is 0.615. The Labute approximate surface area is 107 Å². The molecule has 94 valence electrons. The standard InChI is InChI=1S/C13H20N2OS/c1-3-11-5-6-12(17-11)9(2)14-8-10-4-7-13(16)15-10/h5-6,9-10,14H,3-4,7-8H2,1-2H3,(H,15,16). The summed E-state index contributed by atoms with van der Waals surface area (Å²) >= 11 is 1.87. The Hall–Kier alpha value is -0.870. The van der Waals surface area contributed by atoms with Crippen LogP contribution in [-0.4, -0.2) is 18.5 Å². The van der Waals surface area contributed by atoms with Gasteiger partial charge in [-0.3, -0.25) is 4.79 Å². The molecule has 2 heterocycles. The molecule has 2 rings (SSSR count). The number of hydrogen-bond acceptors (Lipinski definition) is 3. The highest BCUT2D eigenvalue weighted by Gasteiger charge is 2.21. The highest BCUT2D eigenvalue weighted by molar-refractivity contribution is 7.12. The maximum absolute atomic E-state index is 11.1. The van der Waals surface area contributed by atoms with E-state index in [-0.39, 0.29) is 5.91 Å². The van der Waals surface area contributed by atoms with Gasteiger partial charge in [0, 0.05) is 34.8 Å². The number of aryl methyl sites for hydroxylation is 1. The summed E-state index contributed by atoms with van der Waals surface area (Å²) in [6.07, 6.45) is 2.75. The largest absolute Gasteiger partial charge is 0.352 e. The van der Waals surface area contributed by atoms with Crippen molar-refractivity contribution in [3.8, 4) is 0 Å². The third kappa shape index (κ3) is 3.30. The lowest BCUT2D eigenvalue weighted by Gasteiger charge is -2.16. The number of nitrogens with one attached hydrogen (secondary N) is 2. The molecule has 2 atom stereocenters. The van der Waals surface area contributed by atoms with Crippen molar-refractivity contribution in [2.24, 2.45) is 0 Å². The average molecular weight is 252 g/mol. The van der Waals surface area contributed by atoms with Gasteiger partial charge in [-0.05, 0) is 31.9 Å². The van der Waals surface area contributed by atoms with E-state index in [1.807, 2.05) is 11.3 Å². The second-order valence-corrected chi connectivity index (χ2v) is 5.79. The van der Waals surface area contributed by atoms with Crippen LogP contribution in [0.3, 0.4) is 0 Å². The first-order chi connectivity index (χ1) is 8.19. The van der Waals surface area contributed by atoms with Gasteiger partial charge in [-0.2, -0.15) is 0 Å². The third-order valence-corrected chi connectivity index (χ3v) is 4.63. The van der Waals surface area contributed by atoms with Crippen LogP contribution < -0.4 is 10.6 Å². The van der Waals surface area contributed by atoms with Crippen molar-refractivity contribution in [1.29, 1.82) is 0 Å². The first-order valence-electron chi connectivity index (χ1n) is 6.30. The minimum Gasteiger partial charge on any atom is -0.352 e. The minimum atomic E-state index is 0.189. The van der Waals surface area contributed by atoms with Crippen LogP contribution in [0.4, 0.5) is 0 Å². The quantitative estimate of drug-likeness (QED) is 0.844. The first kappa shape index (κ1) is 12.6. The minimum absolute atomic E-state index is 0.189. The molecule has 1 aliphatic heterocycles. The molecule has 1 aliphatic rings.